The van der Waals surface area contributed by atoms with Gasteiger partial charge in [0, 0.05) is 0 Å². The van der Waals surface area contributed by atoms with E-state index in [9.17, 15) is 43.7 Å². The first-order valence-electron chi connectivity index (χ1n) is 9.84. The number of aromatic nitrogens is 4. The quantitative estimate of drug-likeness (QED) is 0.113. The van der Waals surface area contributed by atoms with Gasteiger partial charge in [-0.3, -0.25) is 4.57 Å². The molecule has 0 radical (unpaired) electrons. The average Bonchev–Trinajstić information content (AvgIpc) is 3.36. The summed E-state index contributed by atoms with van der Waals surface area (Å²) in [6.45, 7) is -1.57. The maximum atomic E-state index is 10.4. The molecule has 37 heavy (non-hydrogen) atoms. The third-order valence-electron chi connectivity index (χ3n) is 4.70. The lowest BCUT2D eigenvalue weighted by Crippen LogP contribution is -2.45. The summed E-state index contributed by atoms with van der Waals surface area (Å²) in [4.78, 5) is 63.4. The van der Waals surface area contributed by atoms with Gasteiger partial charge in [-0.1, -0.05) is 0 Å². The van der Waals surface area contributed by atoms with Gasteiger partial charge in [0.25, 0.3) is 0 Å². The molecule has 2 aromatic heterocycles. The number of hydrogen-bond donors (Lipinski definition) is 6. The second kappa shape index (κ2) is 12.7. The Kier molecular flexibility index (Phi) is 10.7. The van der Waals surface area contributed by atoms with Crippen LogP contribution in [0.3, 0.4) is 0 Å². The minimum absolute atomic E-state index is 0.218. The fourth-order valence-corrected chi connectivity index (χ4v) is 4.11. The standard InChI is InChI=1S/C10H13N5O4.C5H12O11P2/c11-8-5-9(13-2-12-8)15(3-14-5)10-7(18)6(17)4(1-16)19-10;6-1-3(8)5(16-18(12,13)14)4(2-7)15-17(9,10)11/h2-4,6-7,10,16-18H,1H2,(H2,11,12,13);2-6,8H,1H2,(H2,9,10,11)(H2,12,13,14)/p-4/t4-,6-,7-,10-;3-,4+,5-/m11/s1. The molecule has 22 heteroatoms. The van der Waals surface area contributed by atoms with Crippen molar-refractivity contribution in [2.75, 3.05) is 18.9 Å². The van der Waals surface area contributed by atoms with Crippen LogP contribution in [0.1, 0.15) is 6.23 Å². The Hall–Kier alpha value is -2.00. The van der Waals surface area contributed by atoms with Crippen LogP contribution >= 0.6 is 15.6 Å². The molecule has 0 saturated carbocycles. The van der Waals surface area contributed by atoms with Gasteiger partial charge < -0.3 is 78.5 Å². The second-order valence-corrected chi connectivity index (χ2v) is 9.44. The summed E-state index contributed by atoms with van der Waals surface area (Å²) in [7, 11) is -11.4. The molecule has 1 saturated heterocycles. The van der Waals surface area contributed by atoms with Crippen LogP contribution in [0, 0.1) is 0 Å². The van der Waals surface area contributed by atoms with Gasteiger partial charge in [0.05, 0.1) is 35.2 Å². The highest BCUT2D eigenvalue weighted by molar-refractivity contribution is 7.43. The molecule has 1 fully saturated rings. The minimum atomic E-state index is -5.73. The molecule has 0 amide bonds. The molecule has 7 atom stereocenters. The zero-order valence-corrected chi connectivity index (χ0v) is 20.1. The van der Waals surface area contributed by atoms with E-state index in [1.54, 1.807) is 0 Å². The molecular weight excluding hydrogens is 552 g/mol. The summed E-state index contributed by atoms with van der Waals surface area (Å²) in [5, 5.41) is 46.3. The van der Waals surface area contributed by atoms with Gasteiger partial charge in [0.15, 0.2) is 24.0 Å². The zero-order valence-electron chi connectivity index (χ0n) is 18.3. The van der Waals surface area contributed by atoms with Crippen LogP contribution in [-0.4, -0.2) is 101 Å². The summed E-state index contributed by atoms with van der Waals surface area (Å²) in [6.07, 6.45) is -8.67. The number of carbonyl (C=O) groups is 1. The molecule has 0 aliphatic carbocycles. The predicted molar refractivity (Wildman–Crippen MR) is 107 cm³/mol. The van der Waals surface area contributed by atoms with Gasteiger partial charge in [0.1, 0.15) is 48.5 Å². The average molecular weight is 573 g/mol. The molecular formula is C15H21N5O15P2-4. The van der Waals surface area contributed by atoms with Crippen molar-refractivity contribution in [3.63, 3.8) is 0 Å². The maximum absolute atomic E-state index is 10.4. The number of anilines is 1. The van der Waals surface area contributed by atoms with Crippen LogP contribution < -0.4 is 25.3 Å². The highest BCUT2D eigenvalue weighted by Gasteiger charge is 2.44. The lowest BCUT2D eigenvalue weighted by molar-refractivity contribution is -0.356. The number of aliphatic hydroxyl groups excluding tert-OH is 5. The number of aliphatic hydroxyl groups is 5. The Labute approximate surface area is 206 Å². The summed E-state index contributed by atoms with van der Waals surface area (Å²) < 4.78 is 34.7. The molecule has 20 nitrogen and oxygen atoms in total. The summed E-state index contributed by atoms with van der Waals surface area (Å²) in [5.74, 6) is 0.218. The first kappa shape index (κ1) is 31.2. The molecule has 210 valence electrons. The smallest absolute Gasteiger partial charge is 0.167 e. The molecule has 0 aromatic carbocycles. The van der Waals surface area contributed by atoms with Gasteiger partial charge >= 0.3 is 0 Å². The van der Waals surface area contributed by atoms with Crippen molar-refractivity contribution in [2.45, 2.75) is 42.9 Å². The normalized spacial score (nSPS) is 24.8. The number of nitrogens with zero attached hydrogens (tertiary/aromatic N) is 4. The lowest BCUT2D eigenvalue weighted by atomic mass is 10.1. The minimum Gasteiger partial charge on any atom is -0.790 e. The van der Waals surface area contributed by atoms with Crippen molar-refractivity contribution in [2.24, 2.45) is 0 Å². The van der Waals surface area contributed by atoms with E-state index in [1.165, 1.54) is 17.2 Å². The van der Waals surface area contributed by atoms with Gasteiger partial charge in [-0.2, -0.15) is 0 Å². The van der Waals surface area contributed by atoms with Gasteiger partial charge in [-0.05, 0) is 0 Å². The molecule has 3 heterocycles. The Morgan fingerprint density at radius 3 is 2.22 bits per heavy atom. The zero-order chi connectivity index (χ0) is 28.1. The summed E-state index contributed by atoms with van der Waals surface area (Å²) in [6, 6.07) is 0. The van der Waals surface area contributed by atoms with Crippen LogP contribution in [0.2, 0.25) is 0 Å². The van der Waals surface area contributed by atoms with Gasteiger partial charge in [0.2, 0.25) is 0 Å². The lowest BCUT2D eigenvalue weighted by Gasteiger charge is -2.40. The fourth-order valence-electron chi connectivity index (χ4n) is 3.08. The number of fused-ring (bicyclic) bond motifs is 1. The molecule has 1 aliphatic rings. The van der Waals surface area contributed by atoms with Crippen LogP contribution in [0.25, 0.3) is 11.2 Å². The summed E-state index contributed by atoms with van der Waals surface area (Å²) in [5.41, 5.74) is 6.44. The predicted octanol–water partition coefficient (Wildman–Crippen LogP) is -7.01. The Morgan fingerprint density at radius 2 is 1.73 bits per heavy atom. The number of ether oxygens (including phenoxy) is 1. The number of nitrogen functional groups attached to an aromatic ring is 1. The molecule has 0 spiro atoms. The van der Waals surface area contributed by atoms with E-state index < -0.39 is 71.7 Å². The number of nitrogens with two attached hydrogens (primary N) is 1. The van der Waals surface area contributed by atoms with E-state index in [2.05, 4.69) is 24.0 Å². The van der Waals surface area contributed by atoms with E-state index in [0.717, 1.165) is 0 Å². The number of carbonyl (C=O) groups excluding carboxylic acids is 1. The van der Waals surface area contributed by atoms with E-state index in [1.807, 2.05) is 0 Å². The first-order chi connectivity index (χ1) is 17.1. The number of imidazole rings is 1. The number of aldehydes is 1. The van der Waals surface area contributed by atoms with Crippen LogP contribution in [-0.2, 0) is 27.7 Å². The molecule has 3 rings (SSSR count). The number of hydrogen-bond acceptors (Lipinski definition) is 19. The van der Waals surface area contributed by atoms with Crippen molar-refractivity contribution in [1.29, 1.82) is 0 Å². The molecule has 1 aliphatic heterocycles. The first-order valence-corrected chi connectivity index (χ1v) is 12.8. The molecule has 0 bridgehead atoms. The third kappa shape index (κ3) is 8.24. The van der Waals surface area contributed by atoms with Crippen molar-refractivity contribution in [3.05, 3.63) is 12.7 Å². The Morgan fingerprint density at radius 1 is 1.11 bits per heavy atom. The van der Waals surface area contributed by atoms with E-state index >= 15 is 0 Å². The van der Waals surface area contributed by atoms with Gasteiger partial charge in [-0.25, -0.2) is 15.0 Å². The van der Waals surface area contributed by atoms with Crippen LogP contribution in [0.5, 0.6) is 0 Å². The molecule has 2 aromatic rings. The monoisotopic (exact) mass is 573 g/mol. The van der Waals surface area contributed by atoms with Crippen molar-refractivity contribution in [1.82, 2.24) is 19.5 Å². The molecule has 7 N–H and O–H groups in total. The SMILES string of the molecule is Nc1ncnc2c1ncn2[C@@H]1O[C@H](CO)[C@@H](O)[C@H]1O.O=C[C@H](OP(=O)([O-])[O-])[C@H](OP(=O)([O-])[O-])[C@H](O)CO. The Bertz CT molecular complexity index is 1140. The van der Waals surface area contributed by atoms with Crippen LogP contribution in [0.4, 0.5) is 5.82 Å². The fraction of sp³-hybridized carbons (Fsp3) is 0.600. The van der Waals surface area contributed by atoms with Crippen molar-refractivity contribution < 1.29 is 72.8 Å². The number of rotatable bonds is 10. The van der Waals surface area contributed by atoms with Crippen LogP contribution in [0.15, 0.2) is 12.7 Å². The Balaban J connectivity index is 0.000000261. The largest absolute Gasteiger partial charge is 0.790 e. The van der Waals surface area contributed by atoms with E-state index in [0.29, 0.717) is 11.2 Å². The van der Waals surface area contributed by atoms with Gasteiger partial charge in [-0.15, -0.1) is 0 Å². The highest BCUT2D eigenvalue weighted by atomic mass is 31.2. The van der Waals surface area contributed by atoms with Crippen molar-refractivity contribution in [3.8, 4) is 0 Å². The van der Waals surface area contributed by atoms with E-state index in [-0.39, 0.29) is 12.1 Å². The van der Waals surface area contributed by atoms with E-state index in [4.69, 9.17) is 25.8 Å². The third-order valence-corrected chi connectivity index (χ3v) is 5.71. The number of phosphoric ester groups is 2. The number of phosphoric acid groups is 2. The topological polar surface area (TPSA) is 342 Å². The highest BCUT2D eigenvalue weighted by Crippen LogP contribution is 2.35. The van der Waals surface area contributed by atoms with Crippen molar-refractivity contribution >= 4 is 38.9 Å². The summed E-state index contributed by atoms with van der Waals surface area (Å²) >= 11 is 0. The maximum Gasteiger partial charge on any atom is 0.167 e. The second-order valence-electron chi connectivity index (χ2n) is 7.23. The molecule has 0 unspecified atom stereocenters.